The van der Waals surface area contributed by atoms with Gasteiger partial charge in [0.15, 0.2) is 11.5 Å². The highest BCUT2D eigenvalue weighted by Gasteiger charge is 2.16. The Hall–Kier alpha value is -2.10. The lowest BCUT2D eigenvalue weighted by molar-refractivity contribution is -0.115. The lowest BCUT2D eigenvalue weighted by atomic mass is 10.1. The van der Waals surface area contributed by atoms with Gasteiger partial charge in [-0.1, -0.05) is 15.9 Å². The Kier molecular flexibility index (Phi) is 8.69. The van der Waals surface area contributed by atoms with Crippen LogP contribution >= 0.6 is 15.9 Å². The SMILES string of the molecule is CCOc1cc(Br)c(CC(=O)Nc2ccc(S(=O)(=O)NC(C)C)cc2)cc1OCC. The number of sulfonamides is 1. The van der Waals surface area contributed by atoms with Crippen LogP contribution in [0, 0.1) is 0 Å². The number of ether oxygens (including phenoxy) is 2. The average Bonchev–Trinajstić information content (AvgIpc) is 2.65. The Morgan fingerprint density at radius 1 is 1.03 bits per heavy atom. The Labute approximate surface area is 186 Å². The van der Waals surface area contributed by atoms with Crippen LogP contribution in [-0.4, -0.2) is 33.6 Å². The molecular formula is C21H27BrN2O5S. The van der Waals surface area contributed by atoms with Gasteiger partial charge in [-0.3, -0.25) is 4.79 Å². The smallest absolute Gasteiger partial charge is 0.240 e. The van der Waals surface area contributed by atoms with Crippen molar-refractivity contribution in [3.8, 4) is 11.5 Å². The molecule has 1 amide bonds. The van der Waals surface area contributed by atoms with E-state index in [9.17, 15) is 13.2 Å². The van der Waals surface area contributed by atoms with Crippen molar-refractivity contribution in [1.29, 1.82) is 0 Å². The molecule has 0 spiro atoms. The van der Waals surface area contributed by atoms with E-state index < -0.39 is 10.0 Å². The third-order valence-electron chi connectivity index (χ3n) is 3.90. The van der Waals surface area contributed by atoms with Crippen LogP contribution in [0.15, 0.2) is 45.8 Å². The molecule has 0 radical (unpaired) electrons. The van der Waals surface area contributed by atoms with Gasteiger partial charge in [-0.25, -0.2) is 13.1 Å². The zero-order chi connectivity index (χ0) is 22.3. The number of rotatable bonds is 10. The summed E-state index contributed by atoms with van der Waals surface area (Å²) in [5.74, 6) is 0.956. The number of hydrogen-bond acceptors (Lipinski definition) is 5. The molecule has 30 heavy (non-hydrogen) atoms. The van der Waals surface area contributed by atoms with Crippen LogP contribution in [0.3, 0.4) is 0 Å². The summed E-state index contributed by atoms with van der Waals surface area (Å²) in [4.78, 5) is 12.6. The molecule has 2 aromatic carbocycles. The fourth-order valence-electron chi connectivity index (χ4n) is 2.72. The Morgan fingerprint density at radius 3 is 2.13 bits per heavy atom. The van der Waals surface area contributed by atoms with E-state index in [1.165, 1.54) is 12.1 Å². The summed E-state index contributed by atoms with van der Waals surface area (Å²) in [6.45, 7) is 8.26. The summed E-state index contributed by atoms with van der Waals surface area (Å²) in [6, 6.07) is 9.41. The van der Waals surface area contributed by atoms with E-state index >= 15 is 0 Å². The second-order valence-electron chi connectivity index (χ2n) is 6.78. The number of hydrogen-bond donors (Lipinski definition) is 2. The molecule has 0 aliphatic carbocycles. The predicted molar refractivity (Wildman–Crippen MR) is 121 cm³/mol. The zero-order valence-corrected chi connectivity index (χ0v) is 19.9. The third kappa shape index (κ3) is 6.72. The van der Waals surface area contributed by atoms with Gasteiger partial charge >= 0.3 is 0 Å². The average molecular weight is 499 g/mol. The van der Waals surface area contributed by atoms with Crippen molar-refractivity contribution >= 4 is 37.5 Å². The Balaban J connectivity index is 2.11. The molecule has 0 heterocycles. The van der Waals surface area contributed by atoms with Crippen molar-refractivity contribution in [3.05, 3.63) is 46.4 Å². The van der Waals surface area contributed by atoms with Gasteiger partial charge in [-0.2, -0.15) is 0 Å². The maximum absolute atomic E-state index is 12.5. The van der Waals surface area contributed by atoms with E-state index in [0.29, 0.717) is 30.4 Å². The second kappa shape index (κ2) is 10.8. The maximum Gasteiger partial charge on any atom is 0.240 e. The molecular weight excluding hydrogens is 472 g/mol. The summed E-state index contributed by atoms with van der Waals surface area (Å²) < 4.78 is 38.8. The number of anilines is 1. The van der Waals surface area contributed by atoms with Crippen molar-refractivity contribution in [3.63, 3.8) is 0 Å². The predicted octanol–water partition coefficient (Wildman–Crippen LogP) is 4.11. The number of nitrogens with one attached hydrogen (secondary N) is 2. The quantitative estimate of drug-likeness (QED) is 0.513. The van der Waals surface area contributed by atoms with E-state index in [2.05, 4.69) is 26.0 Å². The molecule has 9 heteroatoms. The first kappa shape index (κ1) is 24.2. The fraction of sp³-hybridized carbons (Fsp3) is 0.381. The fourth-order valence-corrected chi connectivity index (χ4v) is 4.44. The first-order valence-corrected chi connectivity index (χ1v) is 11.9. The largest absolute Gasteiger partial charge is 0.490 e. The van der Waals surface area contributed by atoms with Crippen LogP contribution in [0.1, 0.15) is 33.3 Å². The molecule has 0 atom stereocenters. The molecule has 2 rings (SSSR count). The van der Waals surface area contributed by atoms with Crippen molar-refractivity contribution in [1.82, 2.24) is 4.72 Å². The molecule has 0 aromatic heterocycles. The first-order chi connectivity index (χ1) is 14.2. The van der Waals surface area contributed by atoms with Crippen LogP contribution in [0.25, 0.3) is 0 Å². The maximum atomic E-state index is 12.5. The van der Waals surface area contributed by atoms with Crippen LogP contribution in [0.4, 0.5) is 5.69 Å². The minimum absolute atomic E-state index is 0.113. The number of amides is 1. The summed E-state index contributed by atoms with van der Waals surface area (Å²) in [6.07, 6.45) is 0.113. The van der Waals surface area contributed by atoms with Gasteiger partial charge in [0.25, 0.3) is 0 Å². The normalized spacial score (nSPS) is 11.4. The minimum atomic E-state index is -3.57. The molecule has 0 fully saturated rings. The molecule has 0 aliphatic rings. The molecule has 0 bridgehead atoms. The number of carbonyl (C=O) groups is 1. The molecule has 7 nitrogen and oxygen atoms in total. The van der Waals surface area contributed by atoms with Gasteiger partial charge in [-0.15, -0.1) is 0 Å². The highest BCUT2D eigenvalue weighted by Crippen LogP contribution is 2.34. The Bertz CT molecular complexity index is 976. The topological polar surface area (TPSA) is 93.7 Å². The summed E-state index contributed by atoms with van der Waals surface area (Å²) in [7, 11) is -3.57. The van der Waals surface area contributed by atoms with Gasteiger partial charge in [0, 0.05) is 16.2 Å². The summed E-state index contributed by atoms with van der Waals surface area (Å²) in [5, 5.41) is 2.78. The van der Waals surface area contributed by atoms with Crippen molar-refractivity contribution in [2.75, 3.05) is 18.5 Å². The Morgan fingerprint density at radius 2 is 1.60 bits per heavy atom. The first-order valence-electron chi connectivity index (χ1n) is 9.66. The molecule has 2 N–H and O–H groups in total. The second-order valence-corrected chi connectivity index (χ2v) is 9.35. The number of carbonyl (C=O) groups excluding carboxylic acids is 1. The van der Waals surface area contributed by atoms with Gasteiger partial charge in [0.2, 0.25) is 15.9 Å². The third-order valence-corrected chi connectivity index (χ3v) is 6.32. The van der Waals surface area contributed by atoms with Crippen LogP contribution in [0.2, 0.25) is 0 Å². The lowest BCUT2D eigenvalue weighted by Gasteiger charge is -2.14. The molecule has 0 saturated carbocycles. The summed E-state index contributed by atoms with van der Waals surface area (Å²) in [5.41, 5.74) is 1.26. The molecule has 164 valence electrons. The molecule has 0 saturated heterocycles. The summed E-state index contributed by atoms with van der Waals surface area (Å²) >= 11 is 3.48. The van der Waals surface area contributed by atoms with Crippen LogP contribution in [0.5, 0.6) is 11.5 Å². The molecule has 0 unspecified atom stereocenters. The van der Waals surface area contributed by atoms with Crippen molar-refractivity contribution in [2.45, 2.75) is 45.1 Å². The monoisotopic (exact) mass is 498 g/mol. The van der Waals surface area contributed by atoms with E-state index in [1.807, 2.05) is 13.8 Å². The highest BCUT2D eigenvalue weighted by atomic mass is 79.9. The van der Waals surface area contributed by atoms with Crippen molar-refractivity contribution in [2.24, 2.45) is 0 Å². The molecule has 0 aliphatic heterocycles. The van der Waals surface area contributed by atoms with E-state index in [-0.39, 0.29) is 23.3 Å². The van der Waals surface area contributed by atoms with E-state index in [4.69, 9.17) is 9.47 Å². The van der Waals surface area contributed by atoms with Gasteiger partial charge in [-0.05, 0) is 69.7 Å². The highest BCUT2D eigenvalue weighted by molar-refractivity contribution is 9.10. The zero-order valence-electron chi connectivity index (χ0n) is 17.5. The number of halogens is 1. The van der Waals surface area contributed by atoms with Crippen molar-refractivity contribution < 1.29 is 22.7 Å². The lowest BCUT2D eigenvalue weighted by Crippen LogP contribution is -2.30. The van der Waals surface area contributed by atoms with E-state index in [1.54, 1.807) is 38.1 Å². The minimum Gasteiger partial charge on any atom is -0.490 e. The van der Waals surface area contributed by atoms with Gasteiger partial charge < -0.3 is 14.8 Å². The van der Waals surface area contributed by atoms with E-state index in [0.717, 1.165) is 10.0 Å². The standard InChI is InChI=1S/C21H27BrN2O5S/c1-5-28-19-11-15(18(22)13-20(19)29-6-2)12-21(25)23-16-7-9-17(10-8-16)30(26,27)24-14(3)4/h7-11,13-14,24H,5-6,12H2,1-4H3,(H,23,25). The number of benzene rings is 2. The molecule has 2 aromatic rings. The van der Waals surface area contributed by atoms with Gasteiger partial charge in [0.05, 0.1) is 24.5 Å². The van der Waals surface area contributed by atoms with Crippen LogP contribution in [-0.2, 0) is 21.2 Å². The van der Waals surface area contributed by atoms with Gasteiger partial charge in [0.1, 0.15) is 0 Å². The van der Waals surface area contributed by atoms with Crippen LogP contribution < -0.4 is 19.5 Å².